The molecule has 0 aromatic heterocycles. The third-order valence-corrected chi connectivity index (χ3v) is 2.58. The standard InChI is InChI=1S/C16H21N3O/c1-5-6-14(11-12-17-2)13-18-19(3)15-7-9-16(20-4)10-8-15/h5-13,17H,1H2,2-4H3/b12-11-,14-6+,18-13-. The highest BCUT2D eigenvalue weighted by molar-refractivity contribution is 5.83. The molecule has 20 heavy (non-hydrogen) atoms. The molecular formula is C16H21N3O. The summed E-state index contributed by atoms with van der Waals surface area (Å²) in [6.07, 6.45) is 9.16. The number of allylic oxidation sites excluding steroid dienone is 4. The Morgan fingerprint density at radius 1 is 1.35 bits per heavy atom. The Bertz CT molecular complexity index is 501. The van der Waals surface area contributed by atoms with Crippen LogP contribution in [-0.2, 0) is 0 Å². The maximum absolute atomic E-state index is 5.13. The molecule has 0 amide bonds. The van der Waals surface area contributed by atoms with E-state index in [2.05, 4.69) is 17.0 Å². The Balaban J connectivity index is 2.78. The summed E-state index contributed by atoms with van der Waals surface area (Å²) in [5.41, 5.74) is 1.94. The van der Waals surface area contributed by atoms with Gasteiger partial charge in [-0.2, -0.15) is 5.10 Å². The topological polar surface area (TPSA) is 36.9 Å². The van der Waals surface area contributed by atoms with Gasteiger partial charge in [0.2, 0.25) is 0 Å². The SMILES string of the molecule is C=C/C=C(\C=C/NC)/C=N\N(C)c1ccc(OC)cc1. The van der Waals surface area contributed by atoms with Crippen molar-refractivity contribution in [2.75, 3.05) is 26.2 Å². The van der Waals surface area contributed by atoms with Gasteiger partial charge in [-0.3, -0.25) is 5.01 Å². The Morgan fingerprint density at radius 2 is 2.05 bits per heavy atom. The Morgan fingerprint density at radius 3 is 2.60 bits per heavy atom. The average Bonchev–Trinajstić information content (AvgIpc) is 2.49. The summed E-state index contributed by atoms with van der Waals surface area (Å²) in [5.74, 6) is 0.829. The first-order chi connectivity index (χ1) is 9.71. The minimum Gasteiger partial charge on any atom is -0.497 e. The number of methoxy groups -OCH3 is 1. The molecular weight excluding hydrogens is 250 g/mol. The highest BCUT2D eigenvalue weighted by Gasteiger charge is 1.98. The summed E-state index contributed by atoms with van der Waals surface area (Å²) in [4.78, 5) is 0. The average molecular weight is 271 g/mol. The minimum absolute atomic E-state index is 0.829. The van der Waals surface area contributed by atoms with Gasteiger partial charge in [-0.25, -0.2) is 0 Å². The van der Waals surface area contributed by atoms with Gasteiger partial charge < -0.3 is 10.1 Å². The van der Waals surface area contributed by atoms with Crippen LogP contribution in [0, 0.1) is 0 Å². The number of rotatable bonds is 7. The molecule has 0 radical (unpaired) electrons. The van der Waals surface area contributed by atoms with Gasteiger partial charge in [0.05, 0.1) is 19.0 Å². The van der Waals surface area contributed by atoms with Crippen molar-refractivity contribution in [3.05, 3.63) is 60.8 Å². The molecule has 0 saturated carbocycles. The van der Waals surface area contributed by atoms with Crippen LogP contribution in [0.2, 0.25) is 0 Å². The van der Waals surface area contributed by atoms with Crippen LogP contribution < -0.4 is 15.1 Å². The smallest absolute Gasteiger partial charge is 0.119 e. The Labute approximate surface area is 120 Å². The fourth-order valence-corrected chi connectivity index (χ4v) is 1.48. The van der Waals surface area contributed by atoms with Gasteiger partial charge in [0.1, 0.15) is 5.75 Å². The third kappa shape index (κ3) is 5.02. The number of hydrogen-bond donors (Lipinski definition) is 1. The van der Waals surface area contributed by atoms with Crippen LogP contribution in [0.15, 0.2) is 65.9 Å². The highest BCUT2D eigenvalue weighted by Crippen LogP contribution is 2.18. The molecule has 1 N–H and O–H groups in total. The van der Waals surface area contributed by atoms with Crippen LogP contribution >= 0.6 is 0 Å². The largest absolute Gasteiger partial charge is 0.497 e. The zero-order valence-electron chi connectivity index (χ0n) is 12.2. The lowest BCUT2D eigenvalue weighted by atomic mass is 10.2. The quantitative estimate of drug-likeness (QED) is 0.470. The molecule has 0 spiro atoms. The lowest BCUT2D eigenvalue weighted by molar-refractivity contribution is 0.415. The van der Waals surface area contributed by atoms with E-state index in [1.54, 1.807) is 24.4 Å². The van der Waals surface area contributed by atoms with E-state index in [-0.39, 0.29) is 0 Å². The third-order valence-electron chi connectivity index (χ3n) is 2.58. The number of benzene rings is 1. The summed E-state index contributed by atoms with van der Waals surface area (Å²) in [7, 11) is 5.39. The number of hydrogen-bond acceptors (Lipinski definition) is 4. The van der Waals surface area contributed by atoms with Crippen molar-refractivity contribution in [1.29, 1.82) is 0 Å². The van der Waals surface area contributed by atoms with Gasteiger partial charge in [-0.05, 0) is 42.1 Å². The Kier molecular flexibility index (Phi) is 6.68. The van der Waals surface area contributed by atoms with Gasteiger partial charge >= 0.3 is 0 Å². The van der Waals surface area contributed by atoms with E-state index < -0.39 is 0 Å². The second-order valence-electron chi connectivity index (χ2n) is 3.99. The van der Waals surface area contributed by atoms with E-state index in [1.807, 2.05) is 56.7 Å². The maximum atomic E-state index is 5.13. The monoisotopic (exact) mass is 271 g/mol. The molecule has 106 valence electrons. The van der Waals surface area contributed by atoms with Crippen LogP contribution in [0.3, 0.4) is 0 Å². The van der Waals surface area contributed by atoms with Gasteiger partial charge in [-0.1, -0.05) is 18.7 Å². The van der Waals surface area contributed by atoms with Crippen LogP contribution in [0.4, 0.5) is 5.69 Å². The van der Waals surface area contributed by atoms with Crippen molar-refractivity contribution >= 4 is 11.9 Å². The predicted octanol–water partition coefficient (Wildman–Crippen LogP) is 2.96. The van der Waals surface area contributed by atoms with Crippen molar-refractivity contribution in [1.82, 2.24) is 5.32 Å². The molecule has 0 saturated heterocycles. The van der Waals surface area contributed by atoms with Crippen molar-refractivity contribution in [2.24, 2.45) is 5.10 Å². The van der Waals surface area contributed by atoms with E-state index in [0.29, 0.717) is 0 Å². The molecule has 0 bridgehead atoms. The lowest BCUT2D eigenvalue weighted by Gasteiger charge is -2.13. The molecule has 0 fully saturated rings. The summed E-state index contributed by atoms with van der Waals surface area (Å²) in [6.45, 7) is 3.69. The van der Waals surface area contributed by atoms with E-state index in [0.717, 1.165) is 17.0 Å². The molecule has 1 rings (SSSR count). The van der Waals surface area contributed by atoms with E-state index in [4.69, 9.17) is 4.74 Å². The second kappa shape index (κ2) is 8.58. The van der Waals surface area contributed by atoms with Gasteiger partial charge in [-0.15, -0.1) is 0 Å². The first-order valence-corrected chi connectivity index (χ1v) is 6.29. The molecule has 1 aromatic carbocycles. The van der Waals surface area contributed by atoms with Crippen LogP contribution in [0.1, 0.15) is 0 Å². The van der Waals surface area contributed by atoms with E-state index in [1.165, 1.54) is 0 Å². The van der Waals surface area contributed by atoms with Crippen molar-refractivity contribution in [3.63, 3.8) is 0 Å². The molecule has 0 unspecified atom stereocenters. The molecule has 0 atom stereocenters. The van der Waals surface area contributed by atoms with Crippen molar-refractivity contribution < 1.29 is 4.74 Å². The highest BCUT2D eigenvalue weighted by atomic mass is 16.5. The first kappa shape index (κ1) is 15.6. The molecule has 0 aliphatic heterocycles. The zero-order valence-corrected chi connectivity index (χ0v) is 12.2. The fraction of sp³-hybridized carbons (Fsp3) is 0.188. The predicted molar refractivity (Wildman–Crippen MR) is 86.4 cm³/mol. The minimum atomic E-state index is 0.829. The number of nitrogens with one attached hydrogen (secondary N) is 1. The normalized spacial score (nSPS) is 11.8. The molecule has 0 aliphatic carbocycles. The number of nitrogens with zero attached hydrogens (tertiary/aromatic N) is 2. The van der Waals surface area contributed by atoms with Gasteiger partial charge in [0.25, 0.3) is 0 Å². The number of ether oxygens (including phenoxy) is 1. The van der Waals surface area contributed by atoms with Gasteiger partial charge in [0, 0.05) is 14.1 Å². The molecule has 0 heterocycles. The van der Waals surface area contributed by atoms with Crippen molar-refractivity contribution in [2.45, 2.75) is 0 Å². The van der Waals surface area contributed by atoms with Crippen LogP contribution in [0.25, 0.3) is 0 Å². The van der Waals surface area contributed by atoms with Crippen LogP contribution in [0.5, 0.6) is 5.75 Å². The number of anilines is 1. The lowest BCUT2D eigenvalue weighted by Crippen LogP contribution is -2.08. The Hall–Kier alpha value is -2.49. The summed E-state index contributed by atoms with van der Waals surface area (Å²) in [6, 6.07) is 7.72. The number of hydrazone groups is 1. The summed E-state index contributed by atoms with van der Waals surface area (Å²) >= 11 is 0. The molecule has 1 aromatic rings. The van der Waals surface area contributed by atoms with E-state index in [9.17, 15) is 0 Å². The second-order valence-corrected chi connectivity index (χ2v) is 3.99. The van der Waals surface area contributed by atoms with E-state index >= 15 is 0 Å². The fourth-order valence-electron chi connectivity index (χ4n) is 1.48. The summed E-state index contributed by atoms with van der Waals surface area (Å²) in [5, 5.41) is 9.13. The maximum Gasteiger partial charge on any atom is 0.119 e. The molecule has 4 nitrogen and oxygen atoms in total. The van der Waals surface area contributed by atoms with Crippen LogP contribution in [-0.4, -0.2) is 27.4 Å². The van der Waals surface area contributed by atoms with Gasteiger partial charge in [0.15, 0.2) is 0 Å². The molecule has 4 heteroatoms. The molecule has 0 aliphatic rings. The first-order valence-electron chi connectivity index (χ1n) is 6.29. The van der Waals surface area contributed by atoms with Crippen molar-refractivity contribution in [3.8, 4) is 5.75 Å². The summed E-state index contributed by atoms with van der Waals surface area (Å²) < 4.78 is 5.13. The zero-order chi connectivity index (χ0) is 14.8.